The zero-order valence-corrected chi connectivity index (χ0v) is 15.9. The first-order chi connectivity index (χ1) is 14.9. The van der Waals surface area contributed by atoms with Gasteiger partial charge in [0.1, 0.15) is 5.72 Å². The van der Waals surface area contributed by atoms with Gasteiger partial charge in [0.15, 0.2) is 0 Å². The number of hydrogen-bond donors (Lipinski definition) is 0. The van der Waals surface area contributed by atoms with E-state index >= 15 is 0 Å². The lowest BCUT2D eigenvalue weighted by atomic mass is 9.96. The minimum atomic E-state index is -2.28. The van der Waals surface area contributed by atoms with Crippen LogP contribution in [0, 0.1) is 0 Å². The van der Waals surface area contributed by atoms with E-state index in [0.29, 0.717) is 10.6 Å². The second-order valence-electron chi connectivity index (χ2n) is 6.08. The van der Waals surface area contributed by atoms with Crippen LogP contribution in [-0.4, -0.2) is 43.2 Å². The van der Waals surface area contributed by atoms with Crippen LogP contribution in [0.3, 0.4) is 0 Å². The fourth-order valence-electron chi connectivity index (χ4n) is 3.20. The topological polar surface area (TPSA) is 32.8 Å². The number of benzene rings is 1. The van der Waals surface area contributed by atoms with Crippen LogP contribution in [0.2, 0.25) is 0 Å². The molecule has 0 aliphatic carbocycles. The fraction of sp³-hybridized carbons (Fsp3) is 0.476. The molecule has 5 heteroatoms. The molecule has 0 saturated carbocycles. The molecule has 26 heavy (non-hydrogen) atoms. The lowest BCUT2D eigenvalue weighted by Crippen LogP contribution is -2.59. The first-order valence-corrected chi connectivity index (χ1v) is 9.49. The number of ether oxygens (including phenoxy) is 1. The zero-order chi connectivity index (χ0) is 23.8. The van der Waals surface area contributed by atoms with E-state index in [2.05, 4.69) is 0 Å². The molecule has 0 bridgehead atoms. The molecule has 1 fully saturated rings. The Balaban J connectivity index is 1.91. The van der Waals surface area contributed by atoms with E-state index in [-0.39, 0.29) is 25.9 Å². The number of anilines is 1. The van der Waals surface area contributed by atoms with Crippen LogP contribution >= 0.6 is 11.3 Å². The van der Waals surface area contributed by atoms with E-state index in [9.17, 15) is 4.79 Å². The third kappa shape index (κ3) is 4.17. The van der Waals surface area contributed by atoms with Gasteiger partial charge in [0, 0.05) is 64.7 Å². The van der Waals surface area contributed by atoms with E-state index in [0.717, 1.165) is 0 Å². The van der Waals surface area contributed by atoms with Crippen LogP contribution < -0.4 is 4.90 Å². The average molecular weight is 379 g/mol. The van der Waals surface area contributed by atoms with Crippen molar-refractivity contribution < 1.29 is 17.8 Å². The van der Waals surface area contributed by atoms with Gasteiger partial charge >= 0.3 is 0 Å². The van der Waals surface area contributed by atoms with Crippen molar-refractivity contribution in [3.05, 3.63) is 52.7 Å². The molecule has 1 aromatic carbocycles. The van der Waals surface area contributed by atoms with Crippen molar-refractivity contribution in [1.82, 2.24) is 4.90 Å². The number of para-hydroxylation sites is 1. The number of thiophene rings is 1. The van der Waals surface area contributed by atoms with Gasteiger partial charge in [-0.05, 0) is 30.0 Å². The molecule has 1 saturated heterocycles. The molecule has 3 rings (SSSR count). The molecule has 4 nitrogen and oxygen atoms in total. The number of hydrogen-bond acceptors (Lipinski definition) is 4. The van der Waals surface area contributed by atoms with Gasteiger partial charge in [-0.3, -0.25) is 9.69 Å². The lowest BCUT2D eigenvalue weighted by molar-refractivity contribution is -0.128. The number of amides is 1. The Morgan fingerprint density at radius 1 is 1.27 bits per heavy atom. The molecule has 1 amide bonds. The highest BCUT2D eigenvalue weighted by Crippen LogP contribution is 2.34. The highest BCUT2D eigenvalue weighted by atomic mass is 32.1. The smallest absolute Gasteiger partial charge is 0.229 e. The molecule has 0 atom stereocenters. The van der Waals surface area contributed by atoms with Crippen LogP contribution in [0.25, 0.3) is 0 Å². The second-order valence-corrected chi connectivity index (χ2v) is 7.03. The summed E-state index contributed by atoms with van der Waals surface area (Å²) in [5.41, 5.74) is -0.681. The monoisotopic (exact) mass is 378 g/mol. The Kier molecular flexibility index (Phi) is 4.28. The van der Waals surface area contributed by atoms with Gasteiger partial charge in [-0.2, -0.15) is 0 Å². The number of rotatable bonds is 7. The average Bonchev–Trinajstić information content (AvgIpc) is 3.30. The molecule has 2 heterocycles. The van der Waals surface area contributed by atoms with Crippen molar-refractivity contribution in [1.29, 1.82) is 0 Å². The summed E-state index contributed by atoms with van der Waals surface area (Å²) < 4.78 is 55.9. The van der Waals surface area contributed by atoms with Gasteiger partial charge in [-0.15, -0.1) is 11.3 Å². The Morgan fingerprint density at radius 2 is 2.00 bits per heavy atom. The standard InChI is InChI=1S/C21H28N2O2S/c1-3-20(24)23(18-8-5-4-6-9-18)21(25-2)12-15-22(16-13-21)14-11-19-10-7-17-26-19/h4-10,17H,3,11-16H2,1-2H3/i3D2,11D2,14D2. The van der Waals surface area contributed by atoms with Crippen molar-refractivity contribution in [2.75, 3.05) is 31.6 Å². The number of carbonyl (C=O) groups is 1. The summed E-state index contributed by atoms with van der Waals surface area (Å²) in [7, 11) is 1.46. The van der Waals surface area contributed by atoms with Gasteiger partial charge < -0.3 is 9.64 Å². The van der Waals surface area contributed by atoms with E-state index in [4.69, 9.17) is 13.0 Å². The quantitative estimate of drug-likeness (QED) is 0.678. The second kappa shape index (κ2) is 8.80. The van der Waals surface area contributed by atoms with E-state index < -0.39 is 30.9 Å². The van der Waals surface area contributed by atoms with E-state index in [1.54, 1.807) is 47.8 Å². The summed E-state index contributed by atoms with van der Waals surface area (Å²) in [4.78, 5) is 16.2. The van der Waals surface area contributed by atoms with Crippen LogP contribution in [0.1, 0.15) is 39.2 Å². The molecule has 1 aliphatic rings. The maximum absolute atomic E-state index is 13.1. The zero-order valence-electron chi connectivity index (χ0n) is 21.1. The largest absolute Gasteiger partial charge is 0.358 e. The van der Waals surface area contributed by atoms with Crippen LogP contribution in [0.4, 0.5) is 5.69 Å². The van der Waals surface area contributed by atoms with Crippen molar-refractivity contribution in [2.24, 2.45) is 0 Å². The summed E-state index contributed by atoms with van der Waals surface area (Å²) >= 11 is 1.17. The Labute approximate surface area is 168 Å². The van der Waals surface area contributed by atoms with Crippen LogP contribution in [-0.2, 0) is 15.9 Å². The summed E-state index contributed by atoms with van der Waals surface area (Å²) in [5.74, 6) is -0.740. The minimum absolute atomic E-state index is 0.134. The molecule has 0 unspecified atom stereocenters. The maximum atomic E-state index is 13.1. The summed E-state index contributed by atoms with van der Waals surface area (Å²) in [6.45, 7) is -0.805. The summed E-state index contributed by atoms with van der Waals surface area (Å²) in [6, 6.07) is 12.0. The highest BCUT2D eigenvalue weighted by Gasteiger charge is 2.42. The van der Waals surface area contributed by atoms with E-state index in [1.807, 2.05) is 0 Å². The number of piperidine rings is 1. The molecule has 2 aromatic rings. The van der Waals surface area contributed by atoms with Crippen LogP contribution in [0.15, 0.2) is 47.8 Å². The third-order valence-electron chi connectivity index (χ3n) is 4.62. The number of nitrogens with zero attached hydrogens (tertiary/aromatic N) is 2. The van der Waals surface area contributed by atoms with Crippen molar-refractivity contribution >= 4 is 22.9 Å². The summed E-state index contributed by atoms with van der Waals surface area (Å²) in [6.07, 6.45) is -3.96. The van der Waals surface area contributed by atoms with Crippen molar-refractivity contribution in [2.45, 2.75) is 38.2 Å². The summed E-state index contributed by atoms with van der Waals surface area (Å²) in [5, 5.41) is 1.72. The fourth-order valence-corrected chi connectivity index (χ4v) is 3.76. The minimum Gasteiger partial charge on any atom is -0.358 e. The van der Waals surface area contributed by atoms with Crippen LogP contribution in [0.5, 0.6) is 0 Å². The predicted molar refractivity (Wildman–Crippen MR) is 108 cm³/mol. The van der Waals surface area contributed by atoms with Crippen molar-refractivity contribution in [3.8, 4) is 0 Å². The predicted octanol–water partition coefficient (Wildman–Crippen LogP) is 4.17. The number of aryl methyl sites for hydroxylation is 1. The maximum Gasteiger partial charge on any atom is 0.229 e. The van der Waals surface area contributed by atoms with Gasteiger partial charge in [-0.25, -0.2) is 0 Å². The SMILES string of the molecule is [2H]C([2H])(C)C(=O)N(c1ccccc1)C1(OC)CCN(C([2H])([2H])C([2H])([2H])c2cccs2)CC1. The first-order valence-electron chi connectivity index (χ1n) is 11.6. The number of carbonyl (C=O) groups excluding carboxylic acids is 1. The number of methoxy groups -OCH3 is 1. The Hall–Kier alpha value is -1.69. The van der Waals surface area contributed by atoms with Crippen molar-refractivity contribution in [3.63, 3.8) is 0 Å². The highest BCUT2D eigenvalue weighted by molar-refractivity contribution is 7.09. The molecule has 0 radical (unpaired) electrons. The Bertz CT molecular complexity index is 910. The molecular formula is C21H28N2O2S. The van der Waals surface area contributed by atoms with Gasteiger partial charge in [0.25, 0.3) is 0 Å². The van der Waals surface area contributed by atoms with Gasteiger partial charge in [0.2, 0.25) is 5.91 Å². The molecule has 0 spiro atoms. The first kappa shape index (κ1) is 12.7. The van der Waals surface area contributed by atoms with E-state index in [1.165, 1.54) is 35.2 Å². The normalized spacial score (nSPS) is 22.2. The Morgan fingerprint density at radius 3 is 2.58 bits per heavy atom. The van der Waals surface area contributed by atoms with Gasteiger partial charge in [0.05, 0.1) is 0 Å². The molecular weight excluding hydrogens is 344 g/mol. The molecule has 1 aromatic heterocycles. The number of likely N-dealkylation sites (tertiary alicyclic amines) is 1. The van der Waals surface area contributed by atoms with Gasteiger partial charge in [-0.1, -0.05) is 31.2 Å². The molecule has 140 valence electrons. The molecule has 0 N–H and O–H groups in total. The third-order valence-corrected chi connectivity index (χ3v) is 5.41. The molecule has 1 aliphatic heterocycles. The lowest BCUT2D eigenvalue weighted by Gasteiger charge is -2.47.